The van der Waals surface area contributed by atoms with Gasteiger partial charge in [0.15, 0.2) is 11.5 Å². The summed E-state index contributed by atoms with van der Waals surface area (Å²) in [6.07, 6.45) is 0. The maximum absolute atomic E-state index is 5.73. The zero-order valence-electron chi connectivity index (χ0n) is 11.8. The van der Waals surface area contributed by atoms with Gasteiger partial charge in [0.25, 0.3) is 0 Å². The van der Waals surface area contributed by atoms with E-state index < -0.39 is 0 Å². The molecule has 4 heteroatoms. The summed E-state index contributed by atoms with van der Waals surface area (Å²) in [7, 11) is 8.12. The molecule has 0 fully saturated rings. The number of ether oxygens (including phenoxy) is 2. The zero-order valence-corrected chi connectivity index (χ0v) is 11.8. The average Bonchev–Trinajstić information content (AvgIpc) is 2.30. The molecule has 0 saturated carbocycles. The van der Waals surface area contributed by atoms with Crippen molar-refractivity contribution in [2.24, 2.45) is 0 Å². The molecular formula is C14H24N2O2. The monoisotopic (exact) mass is 252 g/mol. The highest BCUT2D eigenvalue weighted by atomic mass is 16.5. The minimum Gasteiger partial charge on any atom is -0.488 e. The molecule has 18 heavy (non-hydrogen) atoms. The van der Waals surface area contributed by atoms with Crippen molar-refractivity contribution in [2.75, 3.05) is 54.5 Å². The number of hydrogen-bond acceptors (Lipinski definition) is 4. The summed E-state index contributed by atoms with van der Waals surface area (Å²) in [6, 6.07) is 7.81. The lowest BCUT2D eigenvalue weighted by molar-refractivity contribution is 0.227. The minimum atomic E-state index is 0.668. The minimum absolute atomic E-state index is 0.668. The Morgan fingerprint density at radius 1 is 0.778 bits per heavy atom. The molecule has 0 unspecified atom stereocenters. The summed E-state index contributed by atoms with van der Waals surface area (Å²) < 4.78 is 11.5. The fraction of sp³-hybridized carbons (Fsp3) is 0.571. The molecule has 0 N–H and O–H groups in total. The zero-order chi connectivity index (χ0) is 13.4. The average molecular weight is 252 g/mol. The summed E-state index contributed by atoms with van der Waals surface area (Å²) in [6.45, 7) is 3.13. The van der Waals surface area contributed by atoms with Crippen LogP contribution in [0.4, 0.5) is 0 Å². The fourth-order valence-corrected chi connectivity index (χ4v) is 1.37. The van der Waals surface area contributed by atoms with E-state index in [9.17, 15) is 0 Å². The van der Waals surface area contributed by atoms with E-state index in [0.29, 0.717) is 13.2 Å². The van der Waals surface area contributed by atoms with Crippen LogP contribution in [0.3, 0.4) is 0 Å². The second-order valence-corrected chi connectivity index (χ2v) is 4.75. The SMILES string of the molecule is CN(C)CCOc1ccccc1OCCN(C)C. The van der Waals surface area contributed by atoms with Gasteiger partial charge in [-0.05, 0) is 40.3 Å². The Morgan fingerprint density at radius 3 is 1.50 bits per heavy atom. The van der Waals surface area contributed by atoms with Crippen molar-refractivity contribution in [3.8, 4) is 11.5 Å². The predicted molar refractivity (Wildman–Crippen MR) is 74.5 cm³/mol. The second-order valence-electron chi connectivity index (χ2n) is 4.75. The first-order valence-electron chi connectivity index (χ1n) is 6.23. The van der Waals surface area contributed by atoms with E-state index in [0.717, 1.165) is 24.6 Å². The molecule has 0 spiro atoms. The van der Waals surface area contributed by atoms with Crippen LogP contribution in [0.15, 0.2) is 24.3 Å². The summed E-state index contributed by atoms with van der Waals surface area (Å²) in [5.41, 5.74) is 0. The Labute approximate surface area is 110 Å². The van der Waals surface area contributed by atoms with Crippen molar-refractivity contribution in [1.29, 1.82) is 0 Å². The molecular weight excluding hydrogens is 228 g/mol. The Morgan fingerprint density at radius 2 is 1.17 bits per heavy atom. The van der Waals surface area contributed by atoms with E-state index in [4.69, 9.17) is 9.47 Å². The standard InChI is InChI=1S/C14H24N2O2/c1-15(2)9-11-17-13-7-5-6-8-14(13)18-12-10-16(3)4/h5-8H,9-12H2,1-4H3. The molecule has 1 aromatic carbocycles. The molecule has 0 aliphatic carbocycles. The third-order valence-corrected chi connectivity index (χ3v) is 2.44. The Bertz CT molecular complexity index is 307. The Hall–Kier alpha value is -1.26. The quantitative estimate of drug-likeness (QED) is 0.701. The van der Waals surface area contributed by atoms with Crippen molar-refractivity contribution in [1.82, 2.24) is 9.80 Å². The van der Waals surface area contributed by atoms with Gasteiger partial charge in [-0.2, -0.15) is 0 Å². The predicted octanol–water partition coefficient (Wildman–Crippen LogP) is 1.57. The molecule has 0 aliphatic heterocycles. The van der Waals surface area contributed by atoms with Gasteiger partial charge in [0.05, 0.1) is 0 Å². The van der Waals surface area contributed by atoms with Gasteiger partial charge in [0.1, 0.15) is 13.2 Å². The van der Waals surface area contributed by atoms with Crippen molar-refractivity contribution in [3.63, 3.8) is 0 Å². The van der Waals surface area contributed by atoms with Gasteiger partial charge in [0, 0.05) is 13.1 Å². The number of benzene rings is 1. The van der Waals surface area contributed by atoms with E-state index in [2.05, 4.69) is 9.80 Å². The molecule has 0 aliphatic rings. The van der Waals surface area contributed by atoms with Crippen LogP contribution in [0.25, 0.3) is 0 Å². The molecule has 0 bridgehead atoms. The molecule has 1 aromatic rings. The van der Waals surface area contributed by atoms with Crippen LogP contribution in [0, 0.1) is 0 Å². The largest absolute Gasteiger partial charge is 0.488 e. The van der Waals surface area contributed by atoms with Gasteiger partial charge in [-0.25, -0.2) is 0 Å². The summed E-state index contributed by atoms with van der Waals surface area (Å²) in [5.74, 6) is 1.64. The van der Waals surface area contributed by atoms with Crippen LogP contribution >= 0.6 is 0 Å². The van der Waals surface area contributed by atoms with Crippen molar-refractivity contribution in [3.05, 3.63) is 24.3 Å². The third-order valence-electron chi connectivity index (χ3n) is 2.44. The highest BCUT2D eigenvalue weighted by Crippen LogP contribution is 2.26. The summed E-state index contributed by atoms with van der Waals surface area (Å²) in [4.78, 5) is 4.19. The molecule has 0 amide bonds. The molecule has 0 aromatic heterocycles. The second kappa shape index (κ2) is 7.95. The molecule has 0 atom stereocenters. The Kier molecular flexibility index (Phi) is 6.54. The van der Waals surface area contributed by atoms with Crippen molar-refractivity contribution in [2.45, 2.75) is 0 Å². The van der Waals surface area contributed by atoms with Crippen LogP contribution in [0.5, 0.6) is 11.5 Å². The first-order valence-corrected chi connectivity index (χ1v) is 6.23. The smallest absolute Gasteiger partial charge is 0.161 e. The van der Waals surface area contributed by atoms with Gasteiger partial charge < -0.3 is 19.3 Å². The lowest BCUT2D eigenvalue weighted by Gasteiger charge is -2.15. The van der Waals surface area contributed by atoms with Gasteiger partial charge in [-0.1, -0.05) is 12.1 Å². The molecule has 1 rings (SSSR count). The van der Waals surface area contributed by atoms with Gasteiger partial charge in [-0.15, -0.1) is 0 Å². The van der Waals surface area contributed by atoms with Crippen molar-refractivity contribution >= 4 is 0 Å². The van der Waals surface area contributed by atoms with Crippen LogP contribution in [-0.2, 0) is 0 Å². The van der Waals surface area contributed by atoms with Crippen LogP contribution in [0.2, 0.25) is 0 Å². The first kappa shape index (κ1) is 14.8. The van der Waals surface area contributed by atoms with Crippen LogP contribution in [0.1, 0.15) is 0 Å². The first-order chi connectivity index (χ1) is 8.59. The fourth-order valence-electron chi connectivity index (χ4n) is 1.37. The molecule has 0 radical (unpaired) electrons. The third kappa shape index (κ3) is 5.89. The molecule has 0 heterocycles. The molecule has 4 nitrogen and oxygen atoms in total. The highest BCUT2D eigenvalue weighted by Gasteiger charge is 2.04. The Balaban J connectivity index is 2.45. The number of hydrogen-bond donors (Lipinski definition) is 0. The van der Waals surface area contributed by atoms with Crippen molar-refractivity contribution < 1.29 is 9.47 Å². The lowest BCUT2D eigenvalue weighted by Crippen LogP contribution is -2.21. The normalized spacial score (nSPS) is 11.0. The van der Waals surface area contributed by atoms with E-state index in [1.807, 2.05) is 52.5 Å². The lowest BCUT2D eigenvalue weighted by atomic mass is 10.3. The number of likely N-dealkylation sites (N-methyl/N-ethyl adjacent to an activating group) is 2. The summed E-state index contributed by atoms with van der Waals surface area (Å²) in [5, 5.41) is 0. The van der Waals surface area contributed by atoms with Crippen LogP contribution in [-0.4, -0.2) is 64.3 Å². The maximum atomic E-state index is 5.73. The van der Waals surface area contributed by atoms with Crippen LogP contribution < -0.4 is 9.47 Å². The summed E-state index contributed by atoms with van der Waals surface area (Å²) >= 11 is 0. The number of para-hydroxylation sites is 2. The number of rotatable bonds is 8. The van der Waals surface area contributed by atoms with E-state index in [-0.39, 0.29) is 0 Å². The number of nitrogens with zero attached hydrogens (tertiary/aromatic N) is 2. The van der Waals surface area contributed by atoms with Gasteiger partial charge in [-0.3, -0.25) is 0 Å². The van der Waals surface area contributed by atoms with E-state index in [1.165, 1.54) is 0 Å². The molecule has 0 saturated heterocycles. The maximum Gasteiger partial charge on any atom is 0.161 e. The highest BCUT2D eigenvalue weighted by molar-refractivity contribution is 5.39. The molecule has 102 valence electrons. The van der Waals surface area contributed by atoms with Gasteiger partial charge >= 0.3 is 0 Å². The topological polar surface area (TPSA) is 24.9 Å². The van der Waals surface area contributed by atoms with E-state index in [1.54, 1.807) is 0 Å². The van der Waals surface area contributed by atoms with Gasteiger partial charge in [0.2, 0.25) is 0 Å². The van der Waals surface area contributed by atoms with E-state index >= 15 is 0 Å².